The largest absolute Gasteiger partial charge is 0.465 e. The predicted molar refractivity (Wildman–Crippen MR) is 96.6 cm³/mol. The molecule has 0 radical (unpaired) electrons. The number of methoxy groups -OCH3 is 1. The van der Waals surface area contributed by atoms with E-state index in [9.17, 15) is 9.59 Å². The Balaban J connectivity index is 1.73. The van der Waals surface area contributed by atoms with Crippen molar-refractivity contribution in [1.82, 2.24) is 14.9 Å². The molecule has 2 aromatic rings. The molecule has 2 aliphatic rings. The number of carbonyl (C=O) groups is 2. The van der Waals surface area contributed by atoms with Crippen molar-refractivity contribution in [3.8, 4) is 0 Å². The van der Waals surface area contributed by atoms with Gasteiger partial charge in [-0.15, -0.1) is 11.3 Å². The number of hydrogen-bond acceptors (Lipinski definition) is 8. The molecule has 8 nitrogen and oxygen atoms in total. The van der Waals surface area contributed by atoms with Crippen LogP contribution in [0.2, 0.25) is 0 Å². The third-order valence-electron chi connectivity index (χ3n) is 5.15. The van der Waals surface area contributed by atoms with Gasteiger partial charge in [0.1, 0.15) is 21.9 Å². The number of amides is 1. The van der Waals surface area contributed by atoms with Gasteiger partial charge in [0.15, 0.2) is 0 Å². The summed E-state index contributed by atoms with van der Waals surface area (Å²) < 4.78 is 10.8. The van der Waals surface area contributed by atoms with E-state index in [0.717, 1.165) is 21.6 Å². The number of likely N-dealkylation sites (N-methyl/N-ethyl adjacent to an activating group) is 1. The summed E-state index contributed by atoms with van der Waals surface area (Å²) >= 11 is 1.31. The van der Waals surface area contributed by atoms with Gasteiger partial charge in [0.2, 0.25) is 5.91 Å². The lowest BCUT2D eigenvalue weighted by atomic mass is 10.2. The third-order valence-corrected chi connectivity index (χ3v) is 6.33. The summed E-state index contributed by atoms with van der Waals surface area (Å²) in [4.78, 5) is 38.2. The second-order valence-corrected chi connectivity index (χ2v) is 7.56. The summed E-state index contributed by atoms with van der Waals surface area (Å²) in [6.07, 6.45) is 1.89. The van der Waals surface area contributed by atoms with Crippen LogP contribution in [0.15, 0.2) is 6.33 Å². The van der Waals surface area contributed by atoms with Crippen molar-refractivity contribution in [1.29, 1.82) is 0 Å². The molecule has 0 saturated carbocycles. The molecule has 4 rings (SSSR count). The van der Waals surface area contributed by atoms with Gasteiger partial charge in [0.05, 0.1) is 37.7 Å². The van der Waals surface area contributed by atoms with Crippen molar-refractivity contribution >= 4 is 39.2 Å². The van der Waals surface area contributed by atoms with E-state index >= 15 is 0 Å². The van der Waals surface area contributed by atoms with Crippen LogP contribution in [0.5, 0.6) is 0 Å². The van der Waals surface area contributed by atoms with Crippen LogP contribution >= 0.6 is 11.3 Å². The molecule has 4 heterocycles. The molecular weight excluding hydrogens is 356 g/mol. The van der Waals surface area contributed by atoms with E-state index < -0.39 is 0 Å². The number of aromatic nitrogens is 2. The molecule has 0 unspecified atom stereocenters. The average Bonchev–Trinajstić information content (AvgIpc) is 3.18. The van der Waals surface area contributed by atoms with Gasteiger partial charge < -0.3 is 19.3 Å². The summed E-state index contributed by atoms with van der Waals surface area (Å²) in [7, 11) is 3.20. The van der Waals surface area contributed by atoms with E-state index in [1.165, 1.54) is 24.8 Å². The van der Waals surface area contributed by atoms with Crippen LogP contribution in [0.4, 0.5) is 5.82 Å². The number of thiophene rings is 1. The Morgan fingerprint density at radius 1 is 1.38 bits per heavy atom. The Morgan fingerprint density at radius 3 is 2.96 bits per heavy atom. The fraction of sp³-hybridized carbons (Fsp3) is 0.529. The number of ether oxygens (including phenoxy) is 2. The maximum absolute atomic E-state index is 12.1. The number of aryl methyl sites for hydroxylation is 1. The van der Waals surface area contributed by atoms with E-state index in [1.54, 1.807) is 4.90 Å². The first-order valence-electron chi connectivity index (χ1n) is 8.46. The Labute approximate surface area is 154 Å². The summed E-state index contributed by atoms with van der Waals surface area (Å²) in [6, 6.07) is -0.00552. The lowest BCUT2D eigenvalue weighted by molar-refractivity contribution is -0.130. The quantitative estimate of drug-likeness (QED) is 0.729. The highest BCUT2D eigenvalue weighted by Gasteiger charge is 2.41. The number of hydrogen-bond donors (Lipinski definition) is 0. The van der Waals surface area contributed by atoms with Crippen LogP contribution in [0.3, 0.4) is 0 Å². The minimum Gasteiger partial charge on any atom is -0.465 e. The van der Waals surface area contributed by atoms with Gasteiger partial charge in [-0.3, -0.25) is 4.79 Å². The van der Waals surface area contributed by atoms with Crippen molar-refractivity contribution in [3.63, 3.8) is 0 Å². The van der Waals surface area contributed by atoms with Gasteiger partial charge in [-0.25, -0.2) is 14.8 Å². The van der Waals surface area contributed by atoms with E-state index in [-0.39, 0.29) is 24.0 Å². The highest BCUT2D eigenvalue weighted by atomic mass is 32.1. The van der Waals surface area contributed by atoms with Gasteiger partial charge >= 0.3 is 5.97 Å². The Morgan fingerprint density at radius 2 is 2.19 bits per heavy atom. The highest BCUT2D eigenvalue weighted by molar-refractivity contribution is 7.20. The van der Waals surface area contributed by atoms with Crippen LogP contribution in [0.1, 0.15) is 21.7 Å². The SMILES string of the molecule is COC(=O)c1sc2ncnc(N3C[C@@H]4OCCC(=O)N(C)[C@H]4C3)c2c1C. The van der Waals surface area contributed by atoms with Gasteiger partial charge in [-0.05, 0) is 12.5 Å². The zero-order chi connectivity index (χ0) is 18.4. The molecule has 1 amide bonds. The maximum Gasteiger partial charge on any atom is 0.348 e. The average molecular weight is 376 g/mol. The fourth-order valence-corrected chi connectivity index (χ4v) is 4.77. The summed E-state index contributed by atoms with van der Waals surface area (Å²) in [5, 5.41) is 0.864. The van der Waals surface area contributed by atoms with Gasteiger partial charge in [0.25, 0.3) is 0 Å². The van der Waals surface area contributed by atoms with Gasteiger partial charge in [-0.1, -0.05) is 0 Å². The Kier molecular flexibility index (Phi) is 4.28. The molecule has 2 saturated heterocycles. The number of nitrogens with zero attached hydrogens (tertiary/aromatic N) is 4. The summed E-state index contributed by atoms with van der Waals surface area (Å²) in [5.41, 5.74) is 0.824. The monoisotopic (exact) mass is 376 g/mol. The maximum atomic E-state index is 12.1. The molecular formula is C17H20N4O4S. The van der Waals surface area contributed by atoms with Crippen molar-refractivity contribution in [2.75, 3.05) is 38.8 Å². The predicted octanol–water partition coefficient (Wildman–Crippen LogP) is 1.22. The molecule has 0 bridgehead atoms. The summed E-state index contributed by atoms with van der Waals surface area (Å²) in [6.45, 7) is 3.62. The zero-order valence-corrected chi connectivity index (χ0v) is 15.7. The van der Waals surface area contributed by atoms with Crippen LogP contribution in [-0.2, 0) is 14.3 Å². The lowest BCUT2D eigenvalue weighted by Gasteiger charge is -2.25. The van der Waals surface area contributed by atoms with Crippen molar-refractivity contribution in [2.24, 2.45) is 0 Å². The first-order valence-corrected chi connectivity index (χ1v) is 9.27. The Hall–Kier alpha value is -2.26. The van der Waals surface area contributed by atoms with Crippen LogP contribution in [0.25, 0.3) is 10.2 Å². The first-order chi connectivity index (χ1) is 12.5. The molecule has 0 spiro atoms. The van der Waals surface area contributed by atoms with Crippen molar-refractivity contribution in [2.45, 2.75) is 25.5 Å². The van der Waals surface area contributed by atoms with Crippen LogP contribution in [0, 0.1) is 6.92 Å². The summed E-state index contributed by atoms with van der Waals surface area (Å²) in [5.74, 6) is 0.514. The van der Waals surface area contributed by atoms with Crippen LogP contribution in [-0.4, -0.2) is 72.7 Å². The molecule has 2 atom stereocenters. The fourth-order valence-electron chi connectivity index (χ4n) is 3.70. The topological polar surface area (TPSA) is 84.9 Å². The minimum atomic E-state index is -0.364. The molecule has 2 fully saturated rings. The van der Waals surface area contributed by atoms with E-state index in [0.29, 0.717) is 31.0 Å². The number of rotatable bonds is 2. The van der Waals surface area contributed by atoms with Crippen LogP contribution < -0.4 is 4.90 Å². The normalized spacial score (nSPS) is 23.3. The second kappa shape index (κ2) is 6.48. The molecule has 0 N–H and O–H groups in total. The molecule has 9 heteroatoms. The number of anilines is 1. The molecule has 0 aromatic carbocycles. The standard InChI is InChI=1S/C17H20N4O4S/c1-9-13-15(18-8-19-16(13)26-14(9)17(23)24-3)21-6-10-11(7-21)25-5-4-12(22)20(10)2/h8,10-11H,4-7H2,1-3H3/t10-,11-/m0/s1. The lowest BCUT2D eigenvalue weighted by Crippen LogP contribution is -2.42. The second-order valence-electron chi connectivity index (χ2n) is 6.56. The van der Waals surface area contributed by atoms with Gasteiger partial charge in [-0.2, -0.15) is 0 Å². The molecule has 138 valence electrons. The first kappa shape index (κ1) is 17.2. The molecule has 2 aromatic heterocycles. The molecule has 26 heavy (non-hydrogen) atoms. The third kappa shape index (κ3) is 2.62. The smallest absolute Gasteiger partial charge is 0.348 e. The zero-order valence-electron chi connectivity index (χ0n) is 14.9. The molecule has 0 aliphatic carbocycles. The van der Waals surface area contributed by atoms with E-state index in [2.05, 4.69) is 14.9 Å². The Bertz CT molecular complexity index is 883. The number of esters is 1. The van der Waals surface area contributed by atoms with E-state index in [1.807, 2.05) is 14.0 Å². The minimum absolute atomic E-state index is 0.00552. The van der Waals surface area contributed by atoms with Crippen molar-refractivity contribution in [3.05, 3.63) is 16.8 Å². The van der Waals surface area contributed by atoms with Gasteiger partial charge in [0, 0.05) is 20.1 Å². The number of fused-ring (bicyclic) bond motifs is 2. The molecule has 2 aliphatic heterocycles. The van der Waals surface area contributed by atoms with E-state index in [4.69, 9.17) is 9.47 Å². The highest BCUT2D eigenvalue weighted by Crippen LogP contribution is 2.37. The van der Waals surface area contributed by atoms with Crippen molar-refractivity contribution < 1.29 is 19.1 Å². The number of carbonyl (C=O) groups excluding carboxylic acids is 2.